The molecule has 1 fully saturated rings. The number of alkyl halides is 2. The van der Waals surface area contributed by atoms with Gasteiger partial charge in [-0.1, -0.05) is 12.1 Å². The van der Waals surface area contributed by atoms with Crippen molar-refractivity contribution in [2.24, 2.45) is 0 Å². The van der Waals surface area contributed by atoms with E-state index in [1.165, 1.54) is 24.3 Å². The van der Waals surface area contributed by atoms with Crippen molar-refractivity contribution in [3.63, 3.8) is 0 Å². The Hall–Kier alpha value is -1.54. The number of carbonyl (C=O) groups is 1. The minimum absolute atomic E-state index is 0.142. The SMILES string of the molecule is CC1CN(C(=O)c2ccc(CS(=O)(=O)C(F)F)cc2)CCN1. The molecule has 1 unspecified atom stereocenters. The number of hydrogen-bond acceptors (Lipinski definition) is 4. The largest absolute Gasteiger partial charge is 0.337 e. The fourth-order valence-corrected chi connectivity index (χ4v) is 3.12. The lowest BCUT2D eigenvalue weighted by molar-refractivity contribution is 0.0709. The van der Waals surface area contributed by atoms with Crippen molar-refractivity contribution in [3.05, 3.63) is 35.4 Å². The van der Waals surface area contributed by atoms with Crippen molar-refractivity contribution < 1.29 is 22.0 Å². The summed E-state index contributed by atoms with van der Waals surface area (Å²) in [5.74, 6) is -4.27. The summed E-state index contributed by atoms with van der Waals surface area (Å²) in [4.78, 5) is 14.0. The molecule has 1 aromatic carbocycles. The molecule has 122 valence electrons. The molecular formula is C14H18F2N2O3S. The van der Waals surface area contributed by atoms with Crippen LogP contribution in [0.4, 0.5) is 8.78 Å². The number of sulfone groups is 1. The molecule has 0 spiro atoms. The van der Waals surface area contributed by atoms with Crippen LogP contribution in [0.25, 0.3) is 0 Å². The van der Waals surface area contributed by atoms with Gasteiger partial charge in [0, 0.05) is 31.2 Å². The molecule has 1 amide bonds. The summed E-state index contributed by atoms with van der Waals surface area (Å²) in [6.45, 7) is 3.90. The number of carbonyl (C=O) groups excluding carboxylic acids is 1. The lowest BCUT2D eigenvalue weighted by Crippen LogP contribution is -2.51. The van der Waals surface area contributed by atoms with Gasteiger partial charge in [-0.2, -0.15) is 8.78 Å². The lowest BCUT2D eigenvalue weighted by Gasteiger charge is -2.32. The van der Waals surface area contributed by atoms with Crippen LogP contribution >= 0.6 is 0 Å². The Bertz CT molecular complexity index is 632. The maximum absolute atomic E-state index is 12.3. The van der Waals surface area contributed by atoms with Gasteiger partial charge in [0.1, 0.15) is 0 Å². The van der Waals surface area contributed by atoms with Crippen molar-refractivity contribution in [3.8, 4) is 0 Å². The molecule has 22 heavy (non-hydrogen) atoms. The second-order valence-corrected chi connectivity index (χ2v) is 7.34. The van der Waals surface area contributed by atoms with E-state index in [-0.39, 0.29) is 17.5 Å². The molecule has 0 aromatic heterocycles. The third kappa shape index (κ3) is 4.01. The highest BCUT2D eigenvalue weighted by Gasteiger charge is 2.25. The van der Waals surface area contributed by atoms with E-state index in [4.69, 9.17) is 0 Å². The maximum Gasteiger partial charge on any atom is 0.337 e. The topological polar surface area (TPSA) is 66.5 Å². The van der Waals surface area contributed by atoms with E-state index in [1.54, 1.807) is 4.90 Å². The number of amides is 1. The van der Waals surface area contributed by atoms with E-state index in [0.717, 1.165) is 6.54 Å². The van der Waals surface area contributed by atoms with E-state index >= 15 is 0 Å². The normalized spacial score (nSPS) is 19.5. The number of rotatable bonds is 4. The van der Waals surface area contributed by atoms with Crippen LogP contribution < -0.4 is 5.32 Å². The second kappa shape index (κ2) is 6.70. The molecule has 8 heteroatoms. The Labute approximate surface area is 128 Å². The number of halogens is 2. The average Bonchev–Trinajstić information content (AvgIpc) is 2.47. The van der Waals surface area contributed by atoms with Gasteiger partial charge < -0.3 is 10.2 Å². The molecule has 0 aliphatic carbocycles. The van der Waals surface area contributed by atoms with Gasteiger partial charge in [-0.05, 0) is 24.6 Å². The monoisotopic (exact) mass is 332 g/mol. The van der Waals surface area contributed by atoms with Crippen LogP contribution in [0.2, 0.25) is 0 Å². The van der Waals surface area contributed by atoms with Gasteiger partial charge in [-0.3, -0.25) is 4.79 Å². The number of nitrogens with zero attached hydrogens (tertiary/aromatic N) is 1. The fourth-order valence-electron chi connectivity index (χ4n) is 2.34. The van der Waals surface area contributed by atoms with Gasteiger partial charge in [0.05, 0.1) is 5.75 Å². The van der Waals surface area contributed by atoms with Crippen molar-refractivity contribution in [1.29, 1.82) is 0 Å². The van der Waals surface area contributed by atoms with Gasteiger partial charge in [0.2, 0.25) is 9.84 Å². The first-order chi connectivity index (χ1) is 10.3. The Morgan fingerprint density at radius 1 is 1.36 bits per heavy atom. The highest BCUT2D eigenvalue weighted by atomic mass is 32.2. The quantitative estimate of drug-likeness (QED) is 0.901. The van der Waals surface area contributed by atoms with Gasteiger partial charge in [-0.15, -0.1) is 0 Å². The molecule has 1 aliphatic heterocycles. The maximum atomic E-state index is 12.3. The summed E-state index contributed by atoms with van der Waals surface area (Å²) in [5, 5.41) is 3.23. The summed E-state index contributed by atoms with van der Waals surface area (Å²) in [5.41, 5.74) is 0.665. The zero-order chi connectivity index (χ0) is 16.3. The number of benzene rings is 1. The summed E-state index contributed by atoms with van der Waals surface area (Å²) >= 11 is 0. The lowest BCUT2D eigenvalue weighted by atomic mass is 10.1. The zero-order valence-corrected chi connectivity index (χ0v) is 12.9. The van der Waals surface area contributed by atoms with Crippen molar-refractivity contribution in [2.75, 3.05) is 19.6 Å². The highest BCUT2D eigenvalue weighted by Crippen LogP contribution is 2.15. The molecule has 1 aliphatic rings. The third-order valence-electron chi connectivity index (χ3n) is 3.50. The molecule has 0 saturated carbocycles. The predicted molar refractivity (Wildman–Crippen MR) is 78.4 cm³/mol. The fraction of sp³-hybridized carbons (Fsp3) is 0.500. The van der Waals surface area contributed by atoms with Crippen LogP contribution in [-0.2, 0) is 15.6 Å². The predicted octanol–water partition coefficient (Wildman–Crippen LogP) is 1.26. The molecule has 1 atom stereocenters. The smallest absolute Gasteiger partial charge is 0.336 e. The summed E-state index contributed by atoms with van der Waals surface area (Å²) in [6, 6.07) is 5.97. The standard InChI is InChI=1S/C14H18F2N2O3S/c1-10-8-18(7-6-17-10)13(19)12-4-2-11(3-5-12)9-22(20,21)14(15)16/h2-5,10,14,17H,6-9H2,1H3. The summed E-state index contributed by atoms with van der Waals surface area (Å²) in [7, 11) is -4.45. The van der Waals surface area contributed by atoms with E-state index in [2.05, 4.69) is 5.32 Å². The van der Waals surface area contributed by atoms with Gasteiger partial charge >= 0.3 is 5.76 Å². The van der Waals surface area contributed by atoms with Gasteiger partial charge in [0.15, 0.2) is 0 Å². The second-order valence-electron chi connectivity index (χ2n) is 5.37. The number of nitrogens with one attached hydrogen (secondary N) is 1. The van der Waals surface area contributed by atoms with Crippen molar-refractivity contribution >= 4 is 15.7 Å². The molecule has 1 aromatic rings. The minimum Gasteiger partial charge on any atom is -0.336 e. The first-order valence-corrected chi connectivity index (χ1v) is 8.62. The number of piperazine rings is 1. The van der Waals surface area contributed by atoms with Gasteiger partial charge in [-0.25, -0.2) is 8.42 Å². The Morgan fingerprint density at radius 3 is 2.55 bits per heavy atom. The van der Waals surface area contributed by atoms with Crippen molar-refractivity contribution in [1.82, 2.24) is 10.2 Å². The molecule has 5 nitrogen and oxygen atoms in total. The third-order valence-corrected chi connectivity index (χ3v) is 4.77. The Morgan fingerprint density at radius 2 is 2.00 bits per heavy atom. The molecule has 1 heterocycles. The molecule has 1 saturated heterocycles. The van der Waals surface area contributed by atoms with Crippen LogP contribution in [0, 0.1) is 0 Å². The average molecular weight is 332 g/mol. The summed E-state index contributed by atoms with van der Waals surface area (Å²) < 4.78 is 47.0. The first kappa shape index (κ1) is 16.8. The van der Waals surface area contributed by atoms with E-state index in [0.29, 0.717) is 18.7 Å². The number of hydrogen-bond donors (Lipinski definition) is 1. The van der Waals surface area contributed by atoms with Crippen molar-refractivity contribution in [2.45, 2.75) is 24.5 Å². The van der Waals surface area contributed by atoms with Crippen LogP contribution in [0.1, 0.15) is 22.8 Å². The molecule has 2 rings (SSSR count). The molecular weight excluding hydrogens is 314 g/mol. The molecule has 0 radical (unpaired) electrons. The highest BCUT2D eigenvalue weighted by molar-refractivity contribution is 7.90. The first-order valence-electron chi connectivity index (χ1n) is 6.91. The van der Waals surface area contributed by atoms with Crippen LogP contribution in [-0.4, -0.2) is 50.7 Å². The zero-order valence-electron chi connectivity index (χ0n) is 12.1. The van der Waals surface area contributed by atoms with E-state index in [1.807, 2.05) is 6.92 Å². The summed E-state index contributed by atoms with van der Waals surface area (Å²) in [6.07, 6.45) is 0. The molecule has 1 N–H and O–H groups in total. The Kier molecular flexibility index (Phi) is 5.12. The van der Waals surface area contributed by atoms with Crippen LogP contribution in [0.15, 0.2) is 24.3 Å². The van der Waals surface area contributed by atoms with Crippen LogP contribution in [0.3, 0.4) is 0 Å². The minimum atomic E-state index is -4.45. The Balaban J connectivity index is 2.07. The van der Waals surface area contributed by atoms with Crippen LogP contribution in [0.5, 0.6) is 0 Å². The molecule has 0 bridgehead atoms. The van der Waals surface area contributed by atoms with E-state index < -0.39 is 21.3 Å². The van der Waals surface area contributed by atoms with E-state index in [9.17, 15) is 22.0 Å². The van der Waals surface area contributed by atoms with Gasteiger partial charge in [0.25, 0.3) is 5.91 Å².